The van der Waals surface area contributed by atoms with Gasteiger partial charge in [0.25, 0.3) is 0 Å². The normalized spacial score (nSPS) is 12.6. The van der Waals surface area contributed by atoms with Gasteiger partial charge in [-0.3, -0.25) is 0 Å². The van der Waals surface area contributed by atoms with Crippen LogP contribution < -0.4 is 14.2 Å². The molecule has 19 heavy (non-hydrogen) atoms. The monoisotopic (exact) mass is 296 g/mol. The fourth-order valence-electron chi connectivity index (χ4n) is 2.07. The van der Waals surface area contributed by atoms with Gasteiger partial charge in [0, 0.05) is 27.2 Å². The molecule has 0 aromatic heterocycles. The third-order valence-corrected chi connectivity index (χ3v) is 3.34. The number of fused-ring (bicyclic) bond motifs is 1. The lowest BCUT2D eigenvalue weighted by Crippen LogP contribution is -1.94. The van der Waals surface area contributed by atoms with E-state index in [1.165, 1.54) is 0 Å². The molecule has 0 fully saturated rings. The molecule has 0 aliphatic carbocycles. The minimum Gasteiger partial charge on any atom is -0.496 e. The Balaban J connectivity index is 2.25. The van der Waals surface area contributed by atoms with Gasteiger partial charge < -0.3 is 14.2 Å². The summed E-state index contributed by atoms with van der Waals surface area (Å²) in [4.78, 5) is 0. The molecule has 0 saturated heterocycles. The molecule has 0 atom stereocenters. The first-order chi connectivity index (χ1) is 9.19. The number of methoxy groups -OCH3 is 1. The van der Waals surface area contributed by atoms with Crippen molar-refractivity contribution in [3.63, 3.8) is 0 Å². The van der Waals surface area contributed by atoms with Crippen LogP contribution in [0, 0.1) is 0 Å². The fourth-order valence-corrected chi connectivity index (χ4v) is 2.45. The van der Waals surface area contributed by atoms with Crippen molar-refractivity contribution in [3.05, 3.63) is 40.4 Å². The Bertz CT molecular complexity index is 641. The Morgan fingerprint density at radius 1 is 1.00 bits per heavy atom. The van der Waals surface area contributed by atoms with Gasteiger partial charge in [0.1, 0.15) is 5.75 Å². The largest absolute Gasteiger partial charge is 0.496 e. The van der Waals surface area contributed by atoms with E-state index in [4.69, 9.17) is 37.4 Å². The molecule has 1 heterocycles. The van der Waals surface area contributed by atoms with E-state index in [1.54, 1.807) is 25.3 Å². The Labute approximate surface area is 120 Å². The maximum atomic E-state index is 6.10. The van der Waals surface area contributed by atoms with Crippen LogP contribution in [-0.4, -0.2) is 13.9 Å². The zero-order chi connectivity index (χ0) is 13.4. The Morgan fingerprint density at radius 3 is 2.58 bits per heavy atom. The second-order valence-corrected chi connectivity index (χ2v) is 4.90. The van der Waals surface area contributed by atoms with Crippen molar-refractivity contribution in [1.82, 2.24) is 0 Å². The zero-order valence-electron chi connectivity index (χ0n) is 10.1. The van der Waals surface area contributed by atoms with Gasteiger partial charge in [0.15, 0.2) is 11.5 Å². The molecule has 0 N–H and O–H groups in total. The molecule has 3 rings (SSSR count). The van der Waals surface area contributed by atoms with Crippen molar-refractivity contribution in [3.8, 4) is 28.4 Å². The van der Waals surface area contributed by atoms with Crippen LogP contribution in [0.4, 0.5) is 0 Å². The molecule has 0 spiro atoms. The zero-order valence-corrected chi connectivity index (χ0v) is 11.6. The van der Waals surface area contributed by atoms with E-state index in [2.05, 4.69) is 0 Å². The summed E-state index contributed by atoms with van der Waals surface area (Å²) in [5.41, 5.74) is 1.62. The predicted molar refractivity (Wildman–Crippen MR) is 74.6 cm³/mol. The summed E-state index contributed by atoms with van der Waals surface area (Å²) in [6, 6.07) is 8.93. The molecule has 2 aromatic rings. The number of hydrogen-bond donors (Lipinski definition) is 0. The van der Waals surface area contributed by atoms with Crippen LogP contribution in [0.1, 0.15) is 0 Å². The minimum atomic E-state index is 0.186. The minimum absolute atomic E-state index is 0.186. The number of benzene rings is 2. The van der Waals surface area contributed by atoms with Gasteiger partial charge in [0.2, 0.25) is 6.79 Å². The Kier molecular flexibility index (Phi) is 3.17. The van der Waals surface area contributed by atoms with Gasteiger partial charge in [-0.1, -0.05) is 23.2 Å². The van der Waals surface area contributed by atoms with E-state index in [9.17, 15) is 0 Å². The molecule has 2 aromatic carbocycles. The molecule has 1 aliphatic heterocycles. The van der Waals surface area contributed by atoms with Crippen LogP contribution in [-0.2, 0) is 0 Å². The van der Waals surface area contributed by atoms with E-state index in [-0.39, 0.29) is 6.79 Å². The molecular weight excluding hydrogens is 287 g/mol. The Morgan fingerprint density at radius 2 is 1.79 bits per heavy atom. The van der Waals surface area contributed by atoms with Gasteiger partial charge in [-0.15, -0.1) is 0 Å². The lowest BCUT2D eigenvalue weighted by atomic mass is 10.0. The lowest BCUT2D eigenvalue weighted by molar-refractivity contribution is 0.174. The van der Waals surface area contributed by atoms with Crippen LogP contribution in [0.15, 0.2) is 30.3 Å². The van der Waals surface area contributed by atoms with Crippen molar-refractivity contribution in [2.75, 3.05) is 13.9 Å². The highest BCUT2D eigenvalue weighted by atomic mass is 35.5. The van der Waals surface area contributed by atoms with E-state index < -0.39 is 0 Å². The smallest absolute Gasteiger partial charge is 0.231 e. The van der Waals surface area contributed by atoms with Gasteiger partial charge >= 0.3 is 0 Å². The average molecular weight is 297 g/mol. The lowest BCUT2D eigenvalue weighted by Gasteiger charge is -2.11. The Hall–Kier alpha value is -1.58. The molecule has 3 nitrogen and oxygen atoms in total. The SMILES string of the molecule is COc1ccc(Cl)cc1-c1cc(Cl)cc2c1OCO2. The number of rotatable bonds is 2. The summed E-state index contributed by atoms with van der Waals surface area (Å²) in [5, 5.41) is 1.18. The van der Waals surface area contributed by atoms with Crippen molar-refractivity contribution < 1.29 is 14.2 Å². The van der Waals surface area contributed by atoms with Crippen LogP contribution in [0.5, 0.6) is 17.2 Å². The third kappa shape index (κ3) is 2.20. The molecule has 98 valence electrons. The van der Waals surface area contributed by atoms with Crippen molar-refractivity contribution in [2.45, 2.75) is 0 Å². The molecule has 0 amide bonds. The molecular formula is C14H10Cl2O3. The highest BCUT2D eigenvalue weighted by molar-refractivity contribution is 6.31. The highest BCUT2D eigenvalue weighted by Gasteiger charge is 2.22. The standard InChI is InChI=1S/C14H10Cl2O3/c1-17-12-3-2-8(15)4-10(12)11-5-9(16)6-13-14(11)19-7-18-13/h2-6H,7H2,1H3. The fraction of sp³-hybridized carbons (Fsp3) is 0.143. The third-order valence-electron chi connectivity index (χ3n) is 2.89. The van der Waals surface area contributed by atoms with Gasteiger partial charge in [0.05, 0.1) is 7.11 Å². The van der Waals surface area contributed by atoms with E-state index in [1.807, 2.05) is 12.1 Å². The van der Waals surface area contributed by atoms with Crippen LogP contribution in [0.2, 0.25) is 10.0 Å². The summed E-state index contributed by atoms with van der Waals surface area (Å²) in [7, 11) is 1.61. The summed E-state index contributed by atoms with van der Waals surface area (Å²) >= 11 is 12.2. The van der Waals surface area contributed by atoms with Gasteiger partial charge in [-0.25, -0.2) is 0 Å². The van der Waals surface area contributed by atoms with E-state index in [0.29, 0.717) is 27.3 Å². The first-order valence-electron chi connectivity index (χ1n) is 5.62. The van der Waals surface area contributed by atoms with Crippen LogP contribution >= 0.6 is 23.2 Å². The number of ether oxygens (including phenoxy) is 3. The second-order valence-electron chi connectivity index (χ2n) is 4.03. The maximum Gasteiger partial charge on any atom is 0.231 e. The molecule has 0 saturated carbocycles. The van der Waals surface area contributed by atoms with Gasteiger partial charge in [-0.05, 0) is 24.3 Å². The summed E-state index contributed by atoms with van der Waals surface area (Å²) in [6.07, 6.45) is 0. The first kappa shape index (κ1) is 12.5. The van der Waals surface area contributed by atoms with E-state index in [0.717, 1.165) is 11.1 Å². The van der Waals surface area contributed by atoms with Crippen molar-refractivity contribution >= 4 is 23.2 Å². The topological polar surface area (TPSA) is 27.7 Å². The summed E-state index contributed by atoms with van der Waals surface area (Å²) in [5.74, 6) is 1.99. The summed E-state index contributed by atoms with van der Waals surface area (Å²) in [6.45, 7) is 0.186. The second kappa shape index (κ2) is 4.83. The average Bonchev–Trinajstić information content (AvgIpc) is 2.85. The quantitative estimate of drug-likeness (QED) is 0.822. The van der Waals surface area contributed by atoms with Crippen molar-refractivity contribution in [1.29, 1.82) is 0 Å². The van der Waals surface area contributed by atoms with Crippen molar-refractivity contribution in [2.24, 2.45) is 0 Å². The maximum absolute atomic E-state index is 6.10. The molecule has 1 aliphatic rings. The van der Waals surface area contributed by atoms with Crippen LogP contribution in [0.25, 0.3) is 11.1 Å². The highest BCUT2D eigenvalue weighted by Crippen LogP contribution is 2.46. The summed E-state index contributed by atoms with van der Waals surface area (Å²) < 4.78 is 16.2. The van der Waals surface area contributed by atoms with Gasteiger partial charge in [-0.2, -0.15) is 0 Å². The molecule has 0 bridgehead atoms. The van der Waals surface area contributed by atoms with Crippen LogP contribution in [0.3, 0.4) is 0 Å². The number of hydrogen-bond acceptors (Lipinski definition) is 3. The first-order valence-corrected chi connectivity index (χ1v) is 6.37. The molecule has 0 unspecified atom stereocenters. The molecule has 0 radical (unpaired) electrons. The molecule has 5 heteroatoms. The predicted octanol–water partition coefficient (Wildman–Crippen LogP) is 4.40. The van der Waals surface area contributed by atoms with E-state index >= 15 is 0 Å². The number of halogens is 2.